The van der Waals surface area contributed by atoms with Crippen molar-refractivity contribution in [3.63, 3.8) is 0 Å². The molecule has 166 valence electrons. The zero-order valence-electron chi connectivity index (χ0n) is 18.2. The molecule has 0 saturated carbocycles. The maximum absolute atomic E-state index is 12.1. The van der Waals surface area contributed by atoms with Crippen LogP contribution in [0.5, 0.6) is 0 Å². The number of nitrogen functional groups attached to an aromatic ring is 1. The van der Waals surface area contributed by atoms with E-state index < -0.39 is 0 Å². The number of nitrogens with two attached hydrogens (primary N) is 1. The molecule has 2 aliphatic heterocycles. The fourth-order valence-electron chi connectivity index (χ4n) is 4.55. The molecule has 0 unspecified atom stereocenters. The zero-order valence-corrected chi connectivity index (χ0v) is 18.2. The van der Waals surface area contributed by atoms with Crippen molar-refractivity contribution in [2.45, 2.75) is 38.4 Å². The average Bonchev–Trinajstić information content (AvgIpc) is 3.56. The zero-order chi connectivity index (χ0) is 22.2. The van der Waals surface area contributed by atoms with E-state index in [9.17, 15) is 4.79 Å². The van der Waals surface area contributed by atoms with Crippen molar-refractivity contribution in [1.82, 2.24) is 30.4 Å². The van der Waals surface area contributed by atoms with Gasteiger partial charge in [-0.3, -0.25) is 4.79 Å². The maximum Gasteiger partial charge on any atom is 0.270 e. The molecule has 0 radical (unpaired) electrons. The number of benzene rings is 1. The Bertz CT molecular complexity index is 1130. The van der Waals surface area contributed by atoms with Crippen LogP contribution in [0.2, 0.25) is 0 Å². The lowest BCUT2D eigenvalue weighted by atomic mass is 10.1. The van der Waals surface area contributed by atoms with Crippen molar-refractivity contribution in [2.75, 3.05) is 30.8 Å². The lowest BCUT2D eigenvalue weighted by Crippen LogP contribution is -2.49. The third-order valence-corrected chi connectivity index (χ3v) is 6.16. The first-order valence-electron chi connectivity index (χ1n) is 10.8. The first-order valence-corrected chi connectivity index (χ1v) is 10.8. The second kappa shape index (κ2) is 8.19. The van der Waals surface area contributed by atoms with Gasteiger partial charge in [0.1, 0.15) is 5.82 Å². The van der Waals surface area contributed by atoms with Crippen LogP contribution >= 0.6 is 0 Å². The molecule has 4 heterocycles. The van der Waals surface area contributed by atoms with Crippen LogP contribution in [0.15, 0.2) is 34.9 Å². The van der Waals surface area contributed by atoms with Gasteiger partial charge in [0, 0.05) is 31.6 Å². The molecule has 32 heavy (non-hydrogen) atoms. The number of likely N-dealkylation sites (tertiary alicyclic amines) is 1. The summed E-state index contributed by atoms with van der Waals surface area (Å²) in [5, 5.41) is 11.5. The molecule has 0 aliphatic carbocycles. The Labute approximate surface area is 185 Å². The minimum Gasteiger partial charge on any atom is -0.414 e. The van der Waals surface area contributed by atoms with E-state index in [1.54, 1.807) is 6.20 Å². The van der Waals surface area contributed by atoms with Gasteiger partial charge in [-0.2, -0.15) is 0 Å². The number of amides is 1. The largest absolute Gasteiger partial charge is 0.414 e. The SMILES string of the molecule is CCC(=O)N1C[C@@H]2C[C@@H]1CN2c1cnc(N)c(-c2nnc(-c3ccc(CNC)cc3)o2)n1. The Balaban J connectivity index is 1.37. The van der Waals surface area contributed by atoms with Crippen LogP contribution < -0.4 is 16.0 Å². The van der Waals surface area contributed by atoms with Gasteiger partial charge in [0.2, 0.25) is 11.8 Å². The maximum atomic E-state index is 12.1. The molecule has 2 aromatic heterocycles. The third kappa shape index (κ3) is 3.56. The molecular weight excluding hydrogens is 408 g/mol. The molecule has 2 bridgehead atoms. The Morgan fingerprint density at radius 1 is 1.19 bits per heavy atom. The fourth-order valence-corrected chi connectivity index (χ4v) is 4.55. The minimum absolute atomic E-state index is 0.207. The van der Waals surface area contributed by atoms with Gasteiger partial charge in [0.25, 0.3) is 5.89 Å². The number of hydrogen-bond acceptors (Lipinski definition) is 9. The molecule has 0 spiro atoms. The quantitative estimate of drug-likeness (QED) is 0.596. The number of anilines is 2. The minimum atomic E-state index is 0.207. The van der Waals surface area contributed by atoms with Crippen molar-refractivity contribution < 1.29 is 9.21 Å². The topological polar surface area (TPSA) is 126 Å². The van der Waals surface area contributed by atoms with E-state index in [0.29, 0.717) is 30.4 Å². The van der Waals surface area contributed by atoms with Crippen LogP contribution in [0.1, 0.15) is 25.3 Å². The van der Waals surface area contributed by atoms with Crippen LogP contribution in [0.3, 0.4) is 0 Å². The average molecular weight is 435 g/mol. The first kappa shape index (κ1) is 20.4. The van der Waals surface area contributed by atoms with Crippen molar-refractivity contribution in [1.29, 1.82) is 0 Å². The number of carbonyl (C=O) groups is 1. The monoisotopic (exact) mass is 434 g/mol. The number of fused-ring (bicyclic) bond motifs is 2. The van der Waals surface area contributed by atoms with Gasteiger partial charge in [0.05, 0.1) is 18.3 Å². The van der Waals surface area contributed by atoms with Gasteiger partial charge in [-0.1, -0.05) is 19.1 Å². The standard InChI is InChI=1S/C22H26N8O2/c1-3-18(31)30-12-15-8-16(30)11-29(15)17-10-25-20(23)19(26-17)22-28-27-21(32-22)14-6-4-13(5-7-14)9-24-2/h4-7,10,15-16,24H,3,8-9,11-12H2,1-2H3,(H2,23,25)/t15-,16+/m0/s1. The summed E-state index contributed by atoms with van der Waals surface area (Å²) < 4.78 is 5.89. The fraction of sp³-hybridized carbons (Fsp3) is 0.409. The van der Waals surface area contributed by atoms with Crippen molar-refractivity contribution in [3.8, 4) is 23.0 Å². The second-order valence-corrected chi connectivity index (χ2v) is 8.20. The van der Waals surface area contributed by atoms with E-state index >= 15 is 0 Å². The highest BCUT2D eigenvalue weighted by Gasteiger charge is 2.45. The lowest BCUT2D eigenvalue weighted by molar-refractivity contribution is -0.131. The molecule has 2 saturated heterocycles. The smallest absolute Gasteiger partial charge is 0.270 e. The van der Waals surface area contributed by atoms with E-state index in [0.717, 1.165) is 30.6 Å². The van der Waals surface area contributed by atoms with Gasteiger partial charge >= 0.3 is 0 Å². The Morgan fingerprint density at radius 3 is 2.66 bits per heavy atom. The van der Waals surface area contributed by atoms with E-state index in [1.165, 1.54) is 0 Å². The van der Waals surface area contributed by atoms with Crippen LogP contribution in [0, 0.1) is 0 Å². The summed E-state index contributed by atoms with van der Waals surface area (Å²) >= 11 is 0. The van der Waals surface area contributed by atoms with Crippen molar-refractivity contribution >= 4 is 17.5 Å². The van der Waals surface area contributed by atoms with E-state index in [2.05, 4.69) is 25.4 Å². The van der Waals surface area contributed by atoms with Gasteiger partial charge in [-0.25, -0.2) is 9.97 Å². The van der Waals surface area contributed by atoms with Crippen LogP contribution in [-0.2, 0) is 11.3 Å². The number of aromatic nitrogens is 4. The van der Waals surface area contributed by atoms with E-state index in [4.69, 9.17) is 15.1 Å². The normalized spacial score (nSPS) is 19.7. The number of hydrogen-bond donors (Lipinski definition) is 2. The molecule has 3 N–H and O–H groups in total. The van der Waals surface area contributed by atoms with E-state index in [-0.39, 0.29) is 29.7 Å². The number of nitrogens with zero attached hydrogens (tertiary/aromatic N) is 6. The molecule has 3 aromatic rings. The molecule has 10 nitrogen and oxygen atoms in total. The molecule has 5 rings (SSSR count). The summed E-state index contributed by atoms with van der Waals surface area (Å²) in [5.41, 5.74) is 8.46. The Kier molecular flexibility index (Phi) is 5.22. The van der Waals surface area contributed by atoms with Gasteiger partial charge in [0.15, 0.2) is 11.5 Å². The second-order valence-electron chi connectivity index (χ2n) is 8.20. The summed E-state index contributed by atoms with van der Waals surface area (Å²) in [7, 11) is 1.91. The van der Waals surface area contributed by atoms with Gasteiger partial charge in [-0.15, -0.1) is 10.2 Å². The summed E-state index contributed by atoms with van der Waals surface area (Å²) in [6.45, 7) is 4.14. The highest BCUT2D eigenvalue weighted by atomic mass is 16.4. The van der Waals surface area contributed by atoms with E-state index in [1.807, 2.05) is 43.1 Å². The Hall–Kier alpha value is -3.53. The van der Waals surface area contributed by atoms with Crippen LogP contribution in [0.25, 0.3) is 23.0 Å². The predicted octanol–water partition coefficient (Wildman–Crippen LogP) is 1.69. The number of rotatable bonds is 6. The number of nitrogens with one attached hydrogen (secondary N) is 1. The third-order valence-electron chi connectivity index (χ3n) is 6.16. The summed E-state index contributed by atoms with van der Waals surface area (Å²) in [5.74, 6) is 1.79. The predicted molar refractivity (Wildman–Crippen MR) is 119 cm³/mol. The number of carbonyl (C=O) groups excluding carboxylic acids is 1. The first-order chi connectivity index (χ1) is 15.6. The van der Waals surface area contributed by atoms with Crippen LogP contribution in [-0.4, -0.2) is 63.2 Å². The summed E-state index contributed by atoms with van der Waals surface area (Å²) in [6.07, 6.45) is 3.15. The molecule has 2 fully saturated rings. The van der Waals surface area contributed by atoms with Crippen molar-refractivity contribution in [3.05, 3.63) is 36.0 Å². The lowest BCUT2D eigenvalue weighted by Gasteiger charge is -2.34. The highest BCUT2D eigenvalue weighted by Crippen LogP contribution is 2.35. The molecular formula is C22H26N8O2. The highest BCUT2D eigenvalue weighted by molar-refractivity contribution is 5.77. The molecule has 1 amide bonds. The molecule has 2 atom stereocenters. The summed E-state index contributed by atoms with van der Waals surface area (Å²) in [6, 6.07) is 8.37. The van der Waals surface area contributed by atoms with Crippen LogP contribution in [0.4, 0.5) is 11.6 Å². The molecule has 1 aromatic carbocycles. The molecule has 2 aliphatic rings. The number of piperazine rings is 1. The van der Waals surface area contributed by atoms with Gasteiger partial charge in [-0.05, 0) is 31.2 Å². The Morgan fingerprint density at radius 2 is 1.97 bits per heavy atom. The summed E-state index contributed by atoms with van der Waals surface area (Å²) in [4.78, 5) is 25.3. The van der Waals surface area contributed by atoms with Crippen molar-refractivity contribution in [2.24, 2.45) is 0 Å². The molecule has 10 heteroatoms. The van der Waals surface area contributed by atoms with Gasteiger partial charge < -0.3 is 25.3 Å².